The van der Waals surface area contributed by atoms with Gasteiger partial charge in [-0.2, -0.15) is 0 Å². The lowest BCUT2D eigenvalue weighted by atomic mass is 9.96. The molecule has 1 aliphatic carbocycles. The predicted molar refractivity (Wildman–Crippen MR) is 59.7 cm³/mol. The normalized spacial score (nSPS) is 23.7. The molecule has 2 aliphatic rings. The number of aliphatic hydroxyl groups is 1. The standard InChI is InChI=1S/C12H14N2O/c1-2-6-13-11-5-7-14-12-8-9(15)3-4-10(11)12/h1,4-5,8-9,13-15H,3,6-7H2. The molecule has 0 aromatic carbocycles. The molecule has 0 aromatic rings. The molecule has 2 rings (SSSR count). The fourth-order valence-corrected chi connectivity index (χ4v) is 1.79. The predicted octanol–water partition coefficient (Wildman–Crippen LogP) is 0.271. The number of aliphatic hydroxyl groups excluding tert-OH is 1. The molecule has 0 aromatic heterocycles. The molecule has 1 heterocycles. The van der Waals surface area contributed by atoms with E-state index in [1.165, 1.54) is 0 Å². The molecule has 0 bridgehead atoms. The van der Waals surface area contributed by atoms with Gasteiger partial charge in [0.1, 0.15) is 0 Å². The maximum atomic E-state index is 9.48. The van der Waals surface area contributed by atoms with Crippen molar-refractivity contribution >= 4 is 0 Å². The molecule has 0 saturated carbocycles. The zero-order valence-electron chi connectivity index (χ0n) is 8.46. The van der Waals surface area contributed by atoms with Gasteiger partial charge in [0.25, 0.3) is 0 Å². The van der Waals surface area contributed by atoms with Crippen LogP contribution in [0.5, 0.6) is 0 Å². The Labute approximate surface area is 89.6 Å². The van der Waals surface area contributed by atoms with Crippen molar-refractivity contribution < 1.29 is 5.11 Å². The van der Waals surface area contributed by atoms with E-state index >= 15 is 0 Å². The molecule has 1 aliphatic heterocycles. The fourth-order valence-electron chi connectivity index (χ4n) is 1.79. The summed E-state index contributed by atoms with van der Waals surface area (Å²) in [5.74, 6) is 2.55. The van der Waals surface area contributed by atoms with Crippen LogP contribution in [0.25, 0.3) is 0 Å². The second kappa shape index (κ2) is 4.24. The van der Waals surface area contributed by atoms with Gasteiger partial charge < -0.3 is 15.7 Å². The van der Waals surface area contributed by atoms with Crippen molar-refractivity contribution in [2.24, 2.45) is 0 Å². The summed E-state index contributed by atoms with van der Waals surface area (Å²) in [6.45, 7) is 1.29. The van der Waals surface area contributed by atoms with Crippen molar-refractivity contribution in [3.05, 3.63) is 35.2 Å². The second-order valence-electron chi connectivity index (χ2n) is 3.56. The third-order valence-corrected chi connectivity index (χ3v) is 2.48. The average molecular weight is 202 g/mol. The van der Waals surface area contributed by atoms with Gasteiger partial charge in [0, 0.05) is 23.5 Å². The van der Waals surface area contributed by atoms with Gasteiger partial charge in [0.2, 0.25) is 0 Å². The fraction of sp³-hybridized carbons (Fsp3) is 0.333. The van der Waals surface area contributed by atoms with E-state index < -0.39 is 0 Å². The molecular formula is C12H14N2O. The number of fused-ring (bicyclic) bond motifs is 1. The summed E-state index contributed by atoms with van der Waals surface area (Å²) in [6, 6.07) is 0. The topological polar surface area (TPSA) is 44.3 Å². The summed E-state index contributed by atoms with van der Waals surface area (Å²) in [7, 11) is 0. The number of terminal acetylenes is 1. The molecule has 0 saturated heterocycles. The Hall–Kier alpha value is -1.66. The number of hydrogen-bond acceptors (Lipinski definition) is 3. The van der Waals surface area contributed by atoms with E-state index in [-0.39, 0.29) is 6.10 Å². The van der Waals surface area contributed by atoms with Gasteiger partial charge in [-0.1, -0.05) is 12.0 Å². The molecule has 0 spiro atoms. The van der Waals surface area contributed by atoms with Crippen molar-refractivity contribution in [2.45, 2.75) is 12.5 Å². The van der Waals surface area contributed by atoms with E-state index in [0.29, 0.717) is 13.0 Å². The SMILES string of the molecule is C#CCNC1=CCNC2=CC(O)CC=C12. The maximum absolute atomic E-state index is 9.48. The monoisotopic (exact) mass is 202 g/mol. The van der Waals surface area contributed by atoms with Crippen molar-refractivity contribution in [2.75, 3.05) is 13.1 Å². The Morgan fingerprint density at radius 3 is 3.27 bits per heavy atom. The summed E-state index contributed by atoms with van der Waals surface area (Å²) in [4.78, 5) is 0. The lowest BCUT2D eigenvalue weighted by Crippen LogP contribution is -2.30. The zero-order chi connectivity index (χ0) is 10.7. The molecule has 0 amide bonds. The first-order valence-corrected chi connectivity index (χ1v) is 5.03. The van der Waals surface area contributed by atoms with E-state index in [4.69, 9.17) is 6.42 Å². The quantitative estimate of drug-likeness (QED) is 0.563. The first-order valence-electron chi connectivity index (χ1n) is 5.03. The molecule has 78 valence electrons. The van der Waals surface area contributed by atoms with Crippen LogP contribution in [0.4, 0.5) is 0 Å². The average Bonchev–Trinajstić information content (AvgIpc) is 2.25. The molecule has 1 unspecified atom stereocenters. The Morgan fingerprint density at radius 1 is 1.60 bits per heavy atom. The van der Waals surface area contributed by atoms with Crippen molar-refractivity contribution in [1.29, 1.82) is 0 Å². The van der Waals surface area contributed by atoms with Crippen molar-refractivity contribution in [3.8, 4) is 12.3 Å². The lowest BCUT2D eigenvalue weighted by Gasteiger charge is -2.26. The minimum absolute atomic E-state index is 0.372. The van der Waals surface area contributed by atoms with Gasteiger partial charge in [-0.3, -0.25) is 0 Å². The molecule has 3 nitrogen and oxygen atoms in total. The van der Waals surface area contributed by atoms with Gasteiger partial charge in [0.15, 0.2) is 0 Å². The van der Waals surface area contributed by atoms with Crippen LogP contribution in [0, 0.1) is 12.3 Å². The van der Waals surface area contributed by atoms with Gasteiger partial charge in [-0.15, -0.1) is 6.42 Å². The Morgan fingerprint density at radius 2 is 2.47 bits per heavy atom. The highest BCUT2D eigenvalue weighted by Crippen LogP contribution is 2.24. The summed E-state index contributed by atoms with van der Waals surface area (Å²) < 4.78 is 0. The largest absolute Gasteiger partial charge is 0.389 e. The van der Waals surface area contributed by atoms with Crippen LogP contribution >= 0.6 is 0 Å². The van der Waals surface area contributed by atoms with Gasteiger partial charge in [-0.25, -0.2) is 0 Å². The summed E-state index contributed by atoms with van der Waals surface area (Å²) in [5.41, 5.74) is 3.17. The highest BCUT2D eigenvalue weighted by molar-refractivity contribution is 5.50. The highest BCUT2D eigenvalue weighted by atomic mass is 16.3. The van der Waals surface area contributed by atoms with Crippen LogP contribution in [0.15, 0.2) is 35.2 Å². The van der Waals surface area contributed by atoms with Crippen LogP contribution in [-0.4, -0.2) is 24.3 Å². The first-order chi connectivity index (χ1) is 7.31. The van der Waals surface area contributed by atoms with Crippen molar-refractivity contribution in [3.63, 3.8) is 0 Å². The van der Waals surface area contributed by atoms with Gasteiger partial charge >= 0.3 is 0 Å². The van der Waals surface area contributed by atoms with E-state index in [1.807, 2.05) is 12.2 Å². The number of nitrogens with one attached hydrogen (secondary N) is 2. The van der Waals surface area contributed by atoms with Gasteiger partial charge in [0.05, 0.1) is 12.6 Å². The third kappa shape index (κ3) is 2.05. The minimum atomic E-state index is -0.372. The van der Waals surface area contributed by atoms with E-state index in [1.54, 1.807) is 0 Å². The lowest BCUT2D eigenvalue weighted by molar-refractivity contribution is 0.223. The Kier molecular flexibility index (Phi) is 2.79. The summed E-state index contributed by atoms with van der Waals surface area (Å²) in [5, 5.41) is 15.9. The minimum Gasteiger partial charge on any atom is -0.389 e. The zero-order valence-corrected chi connectivity index (χ0v) is 8.46. The van der Waals surface area contributed by atoms with Gasteiger partial charge in [-0.05, 0) is 18.6 Å². The van der Waals surface area contributed by atoms with Crippen molar-refractivity contribution in [1.82, 2.24) is 10.6 Å². The molecule has 1 atom stereocenters. The van der Waals surface area contributed by atoms with Crippen LogP contribution in [0.3, 0.4) is 0 Å². The van der Waals surface area contributed by atoms with E-state index in [0.717, 1.165) is 23.5 Å². The highest BCUT2D eigenvalue weighted by Gasteiger charge is 2.19. The first kappa shape index (κ1) is 9.88. The number of hydrogen-bond donors (Lipinski definition) is 3. The van der Waals surface area contributed by atoms with Crippen LogP contribution in [0.2, 0.25) is 0 Å². The Balaban J connectivity index is 2.18. The molecular weight excluding hydrogens is 188 g/mol. The van der Waals surface area contributed by atoms with E-state index in [2.05, 4.69) is 22.6 Å². The Bertz CT molecular complexity index is 385. The van der Waals surface area contributed by atoms with Crippen LogP contribution in [0.1, 0.15) is 6.42 Å². The molecule has 0 fully saturated rings. The summed E-state index contributed by atoms with van der Waals surface area (Å²) in [6.07, 6.45) is 11.4. The van der Waals surface area contributed by atoms with Crippen LogP contribution < -0.4 is 10.6 Å². The van der Waals surface area contributed by atoms with E-state index in [9.17, 15) is 5.11 Å². The smallest absolute Gasteiger partial charge is 0.0778 e. The molecule has 0 radical (unpaired) electrons. The van der Waals surface area contributed by atoms with Crippen LogP contribution in [-0.2, 0) is 0 Å². The molecule has 3 heteroatoms. The molecule has 15 heavy (non-hydrogen) atoms. The maximum Gasteiger partial charge on any atom is 0.0778 e. The summed E-state index contributed by atoms with van der Waals surface area (Å²) >= 11 is 0. The number of rotatable bonds is 2. The second-order valence-corrected chi connectivity index (χ2v) is 3.56. The third-order valence-electron chi connectivity index (χ3n) is 2.48. The molecule has 3 N–H and O–H groups in total.